The van der Waals surface area contributed by atoms with E-state index in [1.165, 1.54) is 58.8 Å². The van der Waals surface area contributed by atoms with Gasteiger partial charge in [-0.25, -0.2) is 4.18 Å². The van der Waals surface area contributed by atoms with E-state index in [0.717, 1.165) is 12.8 Å². The maximum Gasteiger partial charge on any atom is 0.397 e. The predicted molar refractivity (Wildman–Crippen MR) is 89.8 cm³/mol. The lowest BCUT2D eigenvalue weighted by molar-refractivity contribution is 0.0881. The minimum absolute atomic E-state index is 0.0926. The fourth-order valence-corrected chi connectivity index (χ4v) is 2.08. The Morgan fingerprint density at radius 1 is 0.909 bits per heavy atom. The van der Waals surface area contributed by atoms with Gasteiger partial charge in [-0.2, -0.15) is 8.42 Å². The van der Waals surface area contributed by atoms with E-state index in [1.807, 2.05) is 0 Å². The van der Waals surface area contributed by atoms with E-state index in [1.54, 1.807) is 0 Å². The van der Waals surface area contributed by atoms with Crippen LogP contribution in [0.5, 0.6) is 0 Å². The highest BCUT2D eigenvalue weighted by molar-refractivity contribution is 7.80. The first-order chi connectivity index (χ1) is 10.1. The second kappa shape index (κ2) is 14.4. The molecule has 0 unspecified atom stereocenters. The summed E-state index contributed by atoms with van der Waals surface area (Å²) in [6.07, 6.45) is 11.9. The van der Waals surface area contributed by atoms with E-state index in [4.69, 9.17) is 15.4 Å². The van der Waals surface area contributed by atoms with E-state index in [-0.39, 0.29) is 6.61 Å². The lowest BCUT2D eigenvalue weighted by Gasteiger charge is -2.05. The van der Waals surface area contributed by atoms with Crippen LogP contribution in [0.15, 0.2) is 0 Å². The first kappa shape index (κ1) is 24.0. The molecule has 0 bridgehead atoms. The Hall–Kier alpha value is -0.210. The van der Waals surface area contributed by atoms with Gasteiger partial charge in [0.2, 0.25) is 0 Å². The summed E-state index contributed by atoms with van der Waals surface area (Å²) in [5.74, 6) is 0. The SMILES string of the molecule is CC(C)(N)O.CCCCCCCCCCCCOS(=O)(=O)O. The summed E-state index contributed by atoms with van der Waals surface area (Å²) in [6.45, 7) is 5.35. The summed E-state index contributed by atoms with van der Waals surface area (Å²) < 4.78 is 33.0. The third-order valence-electron chi connectivity index (χ3n) is 2.73. The Bertz CT molecular complexity index is 319. The fraction of sp³-hybridized carbons (Fsp3) is 1.00. The summed E-state index contributed by atoms with van der Waals surface area (Å²) in [6, 6.07) is 0. The highest BCUT2D eigenvalue weighted by atomic mass is 32.3. The van der Waals surface area contributed by atoms with Gasteiger partial charge in [0.25, 0.3) is 0 Å². The molecule has 136 valence electrons. The molecule has 0 aromatic carbocycles. The third-order valence-corrected chi connectivity index (χ3v) is 3.19. The molecule has 0 saturated carbocycles. The lowest BCUT2D eigenvalue weighted by Crippen LogP contribution is -2.30. The molecule has 0 fully saturated rings. The van der Waals surface area contributed by atoms with Crippen LogP contribution in [-0.2, 0) is 14.6 Å². The summed E-state index contributed by atoms with van der Waals surface area (Å²) in [5, 5.41) is 8.30. The average Bonchev–Trinajstić information content (AvgIpc) is 2.32. The first-order valence-electron chi connectivity index (χ1n) is 8.19. The van der Waals surface area contributed by atoms with Gasteiger partial charge in [0.15, 0.2) is 0 Å². The minimum Gasteiger partial charge on any atom is -0.377 e. The molecular weight excluding hydrogens is 306 g/mol. The Morgan fingerprint density at radius 3 is 1.55 bits per heavy atom. The van der Waals surface area contributed by atoms with Gasteiger partial charge in [-0.15, -0.1) is 0 Å². The molecule has 4 N–H and O–H groups in total. The van der Waals surface area contributed by atoms with Crippen molar-refractivity contribution in [1.82, 2.24) is 0 Å². The Morgan fingerprint density at radius 2 is 1.23 bits per heavy atom. The molecule has 22 heavy (non-hydrogen) atoms. The van der Waals surface area contributed by atoms with Crippen molar-refractivity contribution in [1.29, 1.82) is 0 Å². The number of aliphatic hydroxyl groups is 1. The maximum atomic E-state index is 10.2. The molecule has 0 heterocycles. The number of unbranched alkanes of at least 4 members (excludes halogenated alkanes) is 9. The average molecular weight is 342 g/mol. The van der Waals surface area contributed by atoms with Gasteiger partial charge in [0, 0.05) is 0 Å². The van der Waals surface area contributed by atoms with Crippen molar-refractivity contribution in [2.75, 3.05) is 6.61 Å². The van der Waals surface area contributed by atoms with E-state index < -0.39 is 16.1 Å². The van der Waals surface area contributed by atoms with Crippen LogP contribution < -0.4 is 5.73 Å². The molecule has 0 aliphatic heterocycles. The number of hydrogen-bond acceptors (Lipinski definition) is 5. The van der Waals surface area contributed by atoms with Gasteiger partial charge in [-0.3, -0.25) is 4.55 Å². The predicted octanol–water partition coefficient (Wildman–Crippen LogP) is 3.40. The van der Waals surface area contributed by atoms with Crippen molar-refractivity contribution < 1.29 is 22.3 Å². The molecule has 7 heteroatoms. The molecule has 0 aromatic heterocycles. The Kier molecular flexibility index (Phi) is 15.7. The fourth-order valence-electron chi connectivity index (χ4n) is 1.75. The smallest absolute Gasteiger partial charge is 0.377 e. The summed E-state index contributed by atoms with van der Waals surface area (Å²) in [5.41, 5.74) is 3.91. The van der Waals surface area contributed by atoms with Crippen molar-refractivity contribution in [3.63, 3.8) is 0 Å². The number of hydrogen-bond donors (Lipinski definition) is 3. The van der Waals surface area contributed by atoms with Crippen molar-refractivity contribution in [2.45, 2.75) is 90.7 Å². The molecule has 6 nitrogen and oxygen atoms in total. The molecule has 0 radical (unpaired) electrons. The quantitative estimate of drug-likeness (QED) is 0.285. The maximum absolute atomic E-state index is 10.2. The Labute approximate surface area is 136 Å². The van der Waals surface area contributed by atoms with Gasteiger partial charge < -0.3 is 10.8 Å². The van der Waals surface area contributed by atoms with Gasteiger partial charge in [0.05, 0.1) is 6.61 Å². The van der Waals surface area contributed by atoms with E-state index in [9.17, 15) is 8.42 Å². The largest absolute Gasteiger partial charge is 0.397 e. The zero-order chi connectivity index (χ0) is 17.5. The Balaban J connectivity index is 0. The van der Waals surface area contributed by atoms with Gasteiger partial charge >= 0.3 is 10.4 Å². The zero-order valence-corrected chi connectivity index (χ0v) is 15.2. The van der Waals surface area contributed by atoms with Crippen molar-refractivity contribution in [3.8, 4) is 0 Å². The zero-order valence-electron chi connectivity index (χ0n) is 14.4. The number of rotatable bonds is 12. The van der Waals surface area contributed by atoms with Crippen molar-refractivity contribution in [2.24, 2.45) is 5.73 Å². The van der Waals surface area contributed by atoms with Gasteiger partial charge in [-0.05, 0) is 20.3 Å². The lowest BCUT2D eigenvalue weighted by atomic mass is 10.1. The minimum atomic E-state index is -4.23. The third kappa shape index (κ3) is 36.7. The highest BCUT2D eigenvalue weighted by Gasteiger charge is 2.02. The molecule has 0 amide bonds. The van der Waals surface area contributed by atoms with Crippen LogP contribution in [0.1, 0.15) is 85.0 Å². The van der Waals surface area contributed by atoms with Crippen LogP contribution in [0.2, 0.25) is 0 Å². The van der Waals surface area contributed by atoms with Crippen LogP contribution in [0.25, 0.3) is 0 Å². The van der Waals surface area contributed by atoms with Crippen LogP contribution >= 0.6 is 0 Å². The molecule has 0 aliphatic carbocycles. The summed E-state index contributed by atoms with van der Waals surface area (Å²) in [4.78, 5) is 0. The highest BCUT2D eigenvalue weighted by Crippen LogP contribution is 2.10. The molecular formula is C15H35NO5S. The molecule has 0 aromatic rings. The molecule has 0 saturated heterocycles. The van der Waals surface area contributed by atoms with Crippen molar-refractivity contribution in [3.05, 3.63) is 0 Å². The second-order valence-corrected chi connectivity index (χ2v) is 7.18. The van der Waals surface area contributed by atoms with Crippen molar-refractivity contribution >= 4 is 10.4 Å². The standard InChI is InChI=1S/C12H26O4S.C3H9NO/c1-2-3-4-5-6-7-8-9-10-11-12-16-17(13,14)15;1-3(2,4)5/h2-12H2,1H3,(H,13,14,15);5H,4H2,1-2H3. The van der Waals surface area contributed by atoms with Gasteiger partial charge in [0.1, 0.15) is 5.72 Å². The molecule has 0 aliphatic rings. The first-order valence-corrected chi connectivity index (χ1v) is 9.56. The van der Waals surface area contributed by atoms with Crippen LogP contribution in [0.3, 0.4) is 0 Å². The van der Waals surface area contributed by atoms with E-state index in [0.29, 0.717) is 6.42 Å². The topological polar surface area (TPSA) is 110 Å². The van der Waals surface area contributed by atoms with Crippen LogP contribution in [0.4, 0.5) is 0 Å². The second-order valence-electron chi connectivity index (χ2n) is 6.09. The number of nitrogens with two attached hydrogens (primary N) is 1. The van der Waals surface area contributed by atoms with E-state index in [2.05, 4.69) is 11.1 Å². The molecule has 0 rings (SSSR count). The summed E-state index contributed by atoms with van der Waals surface area (Å²) >= 11 is 0. The summed E-state index contributed by atoms with van der Waals surface area (Å²) in [7, 11) is -4.23. The van der Waals surface area contributed by atoms with Crippen LogP contribution in [0, 0.1) is 0 Å². The van der Waals surface area contributed by atoms with E-state index >= 15 is 0 Å². The van der Waals surface area contributed by atoms with Gasteiger partial charge in [-0.1, -0.05) is 64.7 Å². The molecule has 0 spiro atoms. The normalized spacial score (nSPS) is 11.9. The molecule has 0 atom stereocenters. The monoisotopic (exact) mass is 341 g/mol. The van der Waals surface area contributed by atoms with Crippen LogP contribution in [-0.4, -0.2) is 30.4 Å².